The Morgan fingerprint density at radius 2 is 1.68 bits per heavy atom. The van der Waals surface area contributed by atoms with Crippen LogP contribution < -0.4 is 0 Å². The first-order valence-electron chi connectivity index (χ1n) is 6.51. The maximum Gasteiger partial charge on any atom is 0.416 e. The number of hydrogen-bond donors (Lipinski definition) is 1. The molecule has 1 saturated heterocycles. The predicted molar refractivity (Wildman–Crippen MR) is 66.9 cm³/mol. The van der Waals surface area contributed by atoms with Crippen molar-refractivity contribution in [3.05, 3.63) is 35.4 Å². The number of benzene rings is 1. The summed E-state index contributed by atoms with van der Waals surface area (Å²) in [5, 5.41) is 9.42. The average Bonchev–Trinajstić information content (AvgIpc) is 2.88. The first-order valence-corrected chi connectivity index (χ1v) is 6.51. The molecule has 0 radical (unpaired) electrons. The first-order chi connectivity index (χ1) is 9.00. The topological polar surface area (TPSA) is 23.5 Å². The Morgan fingerprint density at radius 3 is 2.16 bits per heavy atom. The summed E-state index contributed by atoms with van der Waals surface area (Å²) in [6, 6.07) is 5.11. The molecule has 1 unspecified atom stereocenters. The van der Waals surface area contributed by atoms with E-state index in [2.05, 4.69) is 4.90 Å². The quantitative estimate of drug-likeness (QED) is 0.912. The second kappa shape index (κ2) is 5.92. The van der Waals surface area contributed by atoms with Crippen molar-refractivity contribution in [2.75, 3.05) is 26.2 Å². The molecule has 1 aliphatic rings. The number of rotatable bonds is 4. The minimum Gasteiger partial charge on any atom is -0.396 e. The lowest BCUT2D eigenvalue weighted by molar-refractivity contribution is -0.137. The lowest BCUT2D eigenvalue weighted by Gasteiger charge is -2.22. The normalized spacial score (nSPS) is 18.7. The summed E-state index contributed by atoms with van der Waals surface area (Å²) < 4.78 is 37.4. The summed E-state index contributed by atoms with van der Waals surface area (Å²) in [6.45, 7) is 2.69. The summed E-state index contributed by atoms with van der Waals surface area (Å²) in [6.07, 6.45) is -1.99. The van der Waals surface area contributed by atoms with Gasteiger partial charge in [0.2, 0.25) is 0 Å². The van der Waals surface area contributed by atoms with E-state index in [0.29, 0.717) is 6.54 Å². The zero-order valence-corrected chi connectivity index (χ0v) is 10.7. The molecular formula is C14H18F3NO. The van der Waals surface area contributed by atoms with Gasteiger partial charge in [-0.05, 0) is 43.6 Å². The molecule has 0 aromatic heterocycles. The van der Waals surface area contributed by atoms with Gasteiger partial charge in [-0.15, -0.1) is 0 Å². The van der Waals surface area contributed by atoms with Gasteiger partial charge in [0.15, 0.2) is 0 Å². The van der Waals surface area contributed by atoms with Gasteiger partial charge in [-0.3, -0.25) is 0 Å². The molecule has 0 amide bonds. The molecule has 1 N–H and O–H groups in total. The lowest BCUT2D eigenvalue weighted by Crippen LogP contribution is -2.27. The summed E-state index contributed by atoms with van der Waals surface area (Å²) in [4.78, 5) is 2.25. The smallest absolute Gasteiger partial charge is 0.396 e. The highest BCUT2D eigenvalue weighted by atomic mass is 19.4. The molecule has 5 heteroatoms. The molecule has 0 bridgehead atoms. The van der Waals surface area contributed by atoms with Crippen LogP contribution >= 0.6 is 0 Å². The molecule has 0 spiro atoms. The number of aliphatic hydroxyl groups excluding tert-OH is 1. The molecule has 0 aliphatic carbocycles. The molecule has 2 nitrogen and oxygen atoms in total. The minimum absolute atomic E-state index is 0.0398. The van der Waals surface area contributed by atoms with Gasteiger partial charge in [-0.25, -0.2) is 0 Å². The number of halogens is 3. The van der Waals surface area contributed by atoms with Crippen molar-refractivity contribution in [2.45, 2.75) is 24.9 Å². The Morgan fingerprint density at radius 1 is 1.11 bits per heavy atom. The largest absolute Gasteiger partial charge is 0.416 e. The molecule has 1 fully saturated rings. The van der Waals surface area contributed by atoms with Crippen LogP contribution in [-0.4, -0.2) is 36.2 Å². The van der Waals surface area contributed by atoms with E-state index >= 15 is 0 Å². The van der Waals surface area contributed by atoms with Crippen LogP contribution in [0.15, 0.2) is 24.3 Å². The second-order valence-electron chi connectivity index (χ2n) is 5.01. The van der Waals surface area contributed by atoms with E-state index in [0.717, 1.165) is 43.6 Å². The van der Waals surface area contributed by atoms with E-state index in [1.54, 1.807) is 0 Å². The molecule has 1 aromatic carbocycles. The Bertz CT molecular complexity index is 396. The fraction of sp³-hybridized carbons (Fsp3) is 0.571. The van der Waals surface area contributed by atoms with Crippen LogP contribution in [0.2, 0.25) is 0 Å². The summed E-state index contributed by atoms with van der Waals surface area (Å²) in [5.74, 6) is -0.111. The maximum atomic E-state index is 12.5. The van der Waals surface area contributed by atoms with Crippen LogP contribution in [0.5, 0.6) is 0 Å². The van der Waals surface area contributed by atoms with Gasteiger partial charge in [-0.1, -0.05) is 12.1 Å². The molecule has 2 rings (SSSR count). The van der Waals surface area contributed by atoms with Crippen molar-refractivity contribution in [1.29, 1.82) is 0 Å². The maximum absolute atomic E-state index is 12.5. The van der Waals surface area contributed by atoms with Crippen LogP contribution in [0.3, 0.4) is 0 Å². The molecule has 106 valence electrons. The molecule has 1 aliphatic heterocycles. The van der Waals surface area contributed by atoms with E-state index in [9.17, 15) is 18.3 Å². The number of alkyl halides is 3. The van der Waals surface area contributed by atoms with Crippen LogP contribution in [0.4, 0.5) is 13.2 Å². The summed E-state index contributed by atoms with van der Waals surface area (Å²) in [7, 11) is 0. The van der Waals surface area contributed by atoms with Gasteiger partial charge in [0, 0.05) is 12.5 Å². The van der Waals surface area contributed by atoms with Crippen molar-refractivity contribution in [3.63, 3.8) is 0 Å². The molecule has 19 heavy (non-hydrogen) atoms. The molecule has 1 atom stereocenters. The fourth-order valence-corrected chi connectivity index (χ4v) is 2.49. The van der Waals surface area contributed by atoms with Crippen LogP contribution in [0, 0.1) is 0 Å². The van der Waals surface area contributed by atoms with E-state index in [-0.39, 0.29) is 12.5 Å². The van der Waals surface area contributed by atoms with Crippen molar-refractivity contribution < 1.29 is 18.3 Å². The number of likely N-dealkylation sites (tertiary alicyclic amines) is 1. The monoisotopic (exact) mass is 273 g/mol. The van der Waals surface area contributed by atoms with Gasteiger partial charge in [0.05, 0.1) is 12.2 Å². The highest BCUT2D eigenvalue weighted by Crippen LogP contribution is 2.30. The third-order valence-corrected chi connectivity index (χ3v) is 3.61. The highest BCUT2D eigenvalue weighted by molar-refractivity contribution is 5.27. The SMILES string of the molecule is OCC(CN1CCCC1)c1ccc(C(F)(F)F)cc1. The van der Waals surface area contributed by atoms with Gasteiger partial charge in [0.25, 0.3) is 0 Å². The summed E-state index contributed by atoms with van der Waals surface area (Å²) >= 11 is 0. The Balaban J connectivity index is 2.05. The molecule has 1 heterocycles. The van der Waals surface area contributed by atoms with Crippen molar-refractivity contribution in [2.24, 2.45) is 0 Å². The van der Waals surface area contributed by atoms with Gasteiger partial charge < -0.3 is 10.0 Å². The Labute approximate surface area is 110 Å². The van der Waals surface area contributed by atoms with Gasteiger partial charge in [-0.2, -0.15) is 13.2 Å². The third kappa shape index (κ3) is 3.70. The second-order valence-corrected chi connectivity index (χ2v) is 5.01. The van der Waals surface area contributed by atoms with Crippen molar-refractivity contribution in [3.8, 4) is 0 Å². The molecule has 1 aromatic rings. The number of nitrogens with zero attached hydrogens (tertiary/aromatic N) is 1. The molecule has 0 saturated carbocycles. The van der Waals surface area contributed by atoms with Crippen molar-refractivity contribution in [1.82, 2.24) is 4.90 Å². The first kappa shape index (κ1) is 14.3. The Kier molecular flexibility index (Phi) is 4.47. The minimum atomic E-state index is -4.30. The van der Waals surface area contributed by atoms with E-state index in [1.807, 2.05) is 0 Å². The van der Waals surface area contributed by atoms with Crippen LogP contribution in [0.1, 0.15) is 29.9 Å². The third-order valence-electron chi connectivity index (χ3n) is 3.61. The fourth-order valence-electron chi connectivity index (χ4n) is 2.49. The summed E-state index contributed by atoms with van der Waals surface area (Å²) in [5.41, 5.74) is 0.122. The van der Waals surface area contributed by atoms with E-state index in [4.69, 9.17) is 0 Å². The zero-order chi connectivity index (χ0) is 13.9. The standard InChI is InChI=1S/C14H18F3NO/c15-14(16,17)13-5-3-11(4-6-13)12(10-19)9-18-7-1-2-8-18/h3-6,12,19H,1-2,7-10H2. The van der Waals surface area contributed by atoms with E-state index in [1.165, 1.54) is 12.1 Å². The highest BCUT2D eigenvalue weighted by Gasteiger charge is 2.30. The van der Waals surface area contributed by atoms with E-state index < -0.39 is 11.7 Å². The van der Waals surface area contributed by atoms with Gasteiger partial charge in [0.1, 0.15) is 0 Å². The van der Waals surface area contributed by atoms with Crippen LogP contribution in [-0.2, 0) is 6.18 Å². The number of aliphatic hydroxyl groups is 1. The molecular weight excluding hydrogens is 255 g/mol. The predicted octanol–water partition coefficient (Wildman–Crippen LogP) is 2.88. The Hall–Kier alpha value is -1.07. The van der Waals surface area contributed by atoms with Crippen molar-refractivity contribution >= 4 is 0 Å². The van der Waals surface area contributed by atoms with Gasteiger partial charge >= 0.3 is 6.18 Å². The zero-order valence-electron chi connectivity index (χ0n) is 10.7. The lowest BCUT2D eigenvalue weighted by atomic mass is 9.98. The number of hydrogen-bond acceptors (Lipinski definition) is 2. The average molecular weight is 273 g/mol. The van der Waals surface area contributed by atoms with Crippen LogP contribution in [0.25, 0.3) is 0 Å².